The van der Waals surface area contributed by atoms with Gasteiger partial charge in [0, 0.05) is 36.4 Å². The van der Waals surface area contributed by atoms with E-state index in [1.54, 1.807) is 0 Å². The minimum absolute atomic E-state index is 0.0120. The Morgan fingerprint density at radius 3 is 2.44 bits per heavy atom. The van der Waals surface area contributed by atoms with Crippen molar-refractivity contribution in [1.29, 1.82) is 0 Å². The van der Waals surface area contributed by atoms with E-state index in [0.29, 0.717) is 29.9 Å². The summed E-state index contributed by atoms with van der Waals surface area (Å²) in [4.78, 5) is 29.2. The third-order valence-electron chi connectivity index (χ3n) is 14.0. The molecule has 4 fully saturated rings. The molecule has 7 rings (SSSR count). The second-order valence-corrected chi connectivity index (χ2v) is 16.7. The highest BCUT2D eigenvalue weighted by molar-refractivity contribution is 5.95. The minimum Gasteiger partial charge on any atom is -0.361 e. The predicted octanol–water partition coefficient (Wildman–Crippen LogP) is 6.90. The number of hydrogen-bond acceptors (Lipinski definition) is 4. The average Bonchev–Trinajstić information content (AvgIpc) is 3.32. The summed E-state index contributed by atoms with van der Waals surface area (Å²) in [6.45, 7) is 18.7. The van der Waals surface area contributed by atoms with Crippen molar-refractivity contribution in [3.8, 4) is 0 Å². The maximum Gasteiger partial charge on any atom is 0.224 e. The van der Waals surface area contributed by atoms with Crippen molar-refractivity contribution in [3.05, 3.63) is 29.2 Å². The lowest BCUT2D eigenvalue weighted by atomic mass is 9.34. The number of fused-ring (bicyclic) bond motifs is 8. The number of aromatic nitrogens is 1. The molecule has 7 atom stereocenters. The molecule has 1 saturated heterocycles. The second-order valence-electron chi connectivity index (χ2n) is 16.7. The standard InChI is InChI=1S/C34H48N2O3/c1-29(2)11-13-34(20-36-15-9-26(36)38)14-12-33(7)27(22(34)18-29)23(37)16-25-31(5)17-21-19-35-39-28(21)30(3,4)24(31)8-10-32(25,33)6/h16,19,22,24,27H,8-15,17-18,20H2,1-7H3/t22-,24-,27-,31-,32+,33+,34+/m0/s1. The van der Waals surface area contributed by atoms with Gasteiger partial charge in [-0.25, -0.2) is 0 Å². The van der Waals surface area contributed by atoms with Crippen LogP contribution in [-0.2, 0) is 21.4 Å². The summed E-state index contributed by atoms with van der Waals surface area (Å²) in [5, 5.41) is 4.22. The molecular weight excluding hydrogens is 484 g/mol. The monoisotopic (exact) mass is 532 g/mol. The van der Waals surface area contributed by atoms with Gasteiger partial charge in [-0.2, -0.15) is 0 Å². The third kappa shape index (κ3) is 3.17. The number of ketones is 1. The van der Waals surface area contributed by atoms with Crippen LogP contribution in [0.25, 0.3) is 0 Å². The zero-order chi connectivity index (χ0) is 27.8. The smallest absolute Gasteiger partial charge is 0.224 e. The molecular formula is C34H48N2O3. The van der Waals surface area contributed by atoms with Gasteiger partial charge in [0.1, 0.15) is 5.76 Å². The van der Waals surface area contributed by atoms with Crippen LogP contribution in [0.3, 0.4) is 0 Å². The normalized spacial score (nSPS) is 45.7. The Labute approximate surface area is 234 Å². The summed E-state index contributed by atoms with van der Waals surface area (Å²) in [5.74, 6) is 2.54. The third-order valence-corrected chi connectivity index (χ3v) is 14.0. The molecule has 1 amide bonds. The van der Waals surface area contributed by atoms with Gasteiger partial charge in [0.05, 0.1) is 6.20 Å². The molecule has 6 aliphatic rings. The first-order chi connectivity index (χ1) is 18.2. The van der Waals surface area contributed by atoms with Gasteiger partial charge in [-0.05, 0) is 96.4 Å². The van der Waals surface area contributed by atoms with Crippen molar-refractivity contribution in [2.45, 2.75) is 112 Å². The van der Waals surface area contributed by atoms with Crippen LogP contribution in [0.15, 0.2) is 22.4 Å². The first kappa shape index (κ1) is 26.0. The molecule has 0 unspecified atom stereocenters. The molecule has 5 heteroatoms. The molecule has 5 aliphatic carbocycles. The van der Waals surface area contributed by atoms with E-state index in [2.05, 4.69) is 64.6 Å². The summed E-state index contributed by atoms with van der Waals surface area (Å²) in [6.07, 6.45) is 13.6. The lowest BCUT2D eigenvalue weighted by molar-refractivity contribution is -0.179. The number of β-lactam (4-membered cyclic amide) rings is 1. The van der Waals surface area contributed by atoms with Crippen LogP contribution in [0, 0.1) is 44.8 Å². The molecule has 212 valence electrons. The van der Waals surface area contributed by atoms with Gasteiger partial charge >= 0.3 is 0 Å². The Bertz CT molecular complexity index is 1290. The maximum absolute atomic E-state index is 14.7. The largest absolute Gasteiger partial charge is 0.361 e. The molecule has 3 saturated carbocycles. The molecule has 0 N–H and O–H groups in total. The molecule has 0 aromatic carbocycles. The van der Waals surface area contributed by atoms with E-state index in [0.717, 1.165) is 63.8 Å². The number of nitrogens with zero attached hydrogens (tertiary/aromatic N) is 2. The lowest BCUT2D eigenvalue weighted by Gasteiger charge is -2.70. The Balaban J connectivity index is 1.34. The second kappa shape index (κ2) is 7.68. The fourth-order valence-electron chi connectivity index (χ4n) is 11.6. The van der Waals surface area contributed by atoms with Gasteiger partial charge < -0.3 is 9.42 Å². The molecule has 0 spiro atoms. The summed E-state index contributed by atoms with van der Waals surface area (Å²) < 4.78 is 5.83. The van der Waals surface area contributed by atoms with E-state index in [1.165, 1.54) is 17.6 Å². The van der Waals surface area contributed by atoms with Gasteiger partial charge in [0.2, 0.25) is 5.91 Å². The van der Waals surface area contributed by atoms with Gasteiger partial charge in [0.15, 0.2) is 5.78 Å². The van der Waals surface area contributed by atoms with Crippen LogP contribution in [0.5, 0.6) is 0 Å². The van der Waals surface area contributed by atoms with Crippen LogP contribution < -0.4 is 0 Å². The SMILES string of the molecule is CC1(C)CC[C@]2(CN3CCC3=O)CC[C@]3(C)[C@H](C(=O)C=C4[C@@]5(C)Cc6cnoc6C(C)(C)[C@@H]5CC[C@]43C)[C@@H]2C1. The Morgan fingerprint density at radius 1 is 1.00 bits per heavy atom. The molecule has 39 heavy (non-hydrogen) atoms. The molecule has 1 aliphatic heterocycles. The highest BCUT2D eigenvalue weighted by Crippen LogP contribution is 2.74. The number of carbonyl (C=O) groups is 2. The van der Waals surface area contributed by atoms with Crippen LogP contribution >= 0.6 is 0 Å². The van der Waals surface area contributed by atoms with Crippen molar-refractivity contribution < 1.29 is 14.1 Å². The molecule has 2 heterocycles. The van der Waals surface area contributed by atoms with Crippen LogP contribution in [0.2, 0.25) is 0 Å². The zero-order valence-electron chi connectivity index (χ0n) is 25.3. The van der Waals surface area contributed by atoms with Crippen LogP contribution in [-0.4, -0.2) is 34.8 Å². The van der Waals surface area contributed by atoms with Crippen molar-refractivity contribution in [1.82, 2.24) is 10.1 Å². The molecule has 0 radical (unpaired) electrons. The average molecular weight is 533 g/mol. The first-order valence-electron chi connectivity index (χ1n) is 15.7. The summed E-state index contributed by atoms with van der Waals surface area (Å²) in [6, 6.07) is 0. The lowest BCUT2D eigenvalue weighted by Crippen LogP contribution is -2.66. The molecule has 0 bridgehead atoms. The number of allylic oxidation sites excluding steroid dienone is 2. The maximum atomic E-state index is 14.7. The van der Waals surface area contributed by atoms with Crippen molar-refractivity contribution >= 4 is 11.7 Å². The van der Waals surface area contributed by atoms with E-state index in [4.69, 9.17) is 4.52 Å². The number of likely N-dealkylation sites (tertiary alicyclic amines) is 1. The predicted molar refractivity (Wildman–Crippen MR) is 151 cm³/mol. The van der Waals surface area contributed by atoms with Gasteiger partial charge in [-0.15, -0.1) is 0 Å². The Morgan fingerprint density at radius 2 is 1.74 bits per heavy atom. The quantitative estimate of drug-likeness (QED) is 0.389. The number of rotatable bonds is 2. The highest BCUT2D eigenvalue weighted by atomic mass is 16.5. The molecule has 1 aromatic heterocycles. The van der Waals surface area contributed by atoms with Crippen molar-refractivity contribution in [3.63, 3.8) is 0 Å². The van der Waals surface area contributed by atoms with Crippen molar-refractivity contribution in [2.75, 3.05) is 13.1 Å². The fourth-order valence-corrected chi connectivity index (χ4v) is 11.6. The van der Waals surface area contributed by atoms with E-state index in [9.17, 15) is 9.59 Å². The van der Waals surface area contributed by atoms with Gasteiger partial charge in [-0.1, -0.05) is 59.2 Å². The summed E-state index contributed by atoms with van der Waals surface area (Å²) in [7, 11) is 0. The van der Waals surface area contributed by atoms with Gasteiger partial charge in [-0.3, -0.25) is 9.59 Å². The number of hydrogen-bond donors (Lipinski definition) is 0. The van der Waals surface area contributed by atoms with E-state index in [1.807, 2.05) is 6.20 Å². The van der Waals surface area contributed by atoms with Crippen molar-refractivity contribution in [2.24, 2.45) is 44.8 Å². The van der Waals surface area contributed by atoms with Crippen LogP contribution in [0.1, 0.15) is 111 Å². The Kier molecular flexibility index (Phi) is 5.12. The van der Waals surface area contributed by atoms with E-state index >= 15 is 0 Å². The number of carbonyl (C=O) groups excluding carboxylic acids is 2. The fraction of sp³-hybridized carbons (Fsp3) is 0.794. The van der Waals surface area contributed by atoms with E-state index in [-0.39, 0.29) is 38.4 Å². The molecule has 5 nitrogen and oxygen atoms in total. The summed E-state index contributed by atoms with van der Waals surface area (Å²) >= 11 is 0. The van der Waals surface area contributed by atoms with E-state index < -0.39 is 0 Å². The Hall–Kier alpha value is -1.91. The molecule has 1 aromatic rings. The number of amides is 1. The highest BCUT2D eigenvalue weighted by Gasteiger charge is 2.70. The zero-order valence-corrected chi connectivity index (χ0v) is 25.3. The van der Waals surface area contributed by atoms with Crippen LogP contribution in [0.4, 0.5) is 0 Å². The topological polar surface area (TPSA) is 63.4 Å². The van der Waals surface area contributed by atoms with Gasteiger partial charge in [0.25, 0.3) is 0 Å². The summed E-state index contributed by atoms with van der Waals surface area (Å²) in [5.41, 5.74) is 2.68. The first-order valence-corrected chi connectivity index (χ1v) is 15.7. The minimum atomic E-state index is -0.110.